The number of benzene rings is 2. The van der Waals surface area contributed by atoms with Crippen molar-refractivity contribution in [3.8, 4) is 0 Å². The number of aryl methyl sites for hydroxylation is 1. The van der Waals surface area contributed by atoms with Crippen molar-refractivity contribution < 1.29 is 19.5 Å². The fourth-order valence-corrected chi connectivity index (χ4v) is 3.21. The Morgan fingerprint density at radius 2 is 1.69 bits per heavy atom. The van der Waals surface area contributed by atoms with Gasteiger partial charge in [0.1, 0.15) is 12.1 Å². The average Bonchev–Trinajstić information content (AvgIpc) is 2.81. The van der Waals surface area contributed by atoms with Crippen LogP contribution >= 0.6 is 0 Å². The van der Waals surface area contributed by atoms with E-state index in [1.165, 1.54) is 0 Å². The summed E-state index contributed by atoms with van der Waals surface area (Å²) in [6.45, 7) is 4.02. The van der Waals surface area contributed by atoms with Gasteiger partial charge in [0.15, 0.2) is 5.96 Å². The van der Waals surface area contributed by atoms with Crippen LogP contribution in [0.15, 0.2) is 63.8 Å². The number of azo groups is 1. The second-order valence-corrected chi connectivity index (χ2v) is 7.96. The molecule has 2 unspecified atom stereocenters. The highest BCUT2D eigenvalue weighted by Crippen LogP contribution is 2.21. The Morgan fingerprint density at radius 1 is 0.971 bits per heavy atom. The molecule has 0 aliphatic carbocycles. The molecule has 11 heteroatoms. The Morgan fingerprint density at radius 3 is 2.34 bits per heavy atom. The molecule has 0 bridgehead atoms. The number of carboxylic acid groups (broad SMARTS) is 1. The van der Waals surface area contributed by atoms with Crippen molar-refractivity contribution in [2.75, 3.05) is 6.54 Å². The van der Waals surface area contributed by atoms with Crippen LogP contribution in [0.25, 0.3) is 0 Å². The van der Waals surface area contributed by atoms with E-state index in [1.807, 2.05) is 26.0 Å². The first kappa shape index (κ1) is 27.0. The lowest BCUT2D eigenvalue weighted by molar-refractivity contribution is -0.142. The van der Waals surface area contributed by atoms with Crippen LogP contribution in [0.3, 0.4) is 0 Å². The maximum absolute atomic E-state index is 13.0. The topological polar surface area (TPSA) is 185 Å². The second-order valence-electron chi connectivity index (χ2n) is 7.96. The number of nitrogens with one attached hydrogen (secondary N) is 2. The molecule has 0 aliphatic rings. The van der Waals surface area contributed by atoms with Gasteiger partial charge in [-0.05, 0) is 49.4 Å². The number of carboxylic acids is 1. The molecule has 0 fully saturated rings. The van der Waals surface area contributed by atoms with Crippen LogP contribution in [0.1, 0.15) is 29.5 Å². The van der Waals surface area contributed by atoms with Crippen molar-refractivity contribution in [2.24, 2.45) is 26.7 Å². The number of nitrogens with zero attached hydrogens (tertiary/aromatic N) is 3. The SMILES string of the molecule is Cc1cccc(N=NC(=O)NC(Cc2ccccc2)C(=O)NC(CCCN=C(N)N)C(=O)O)c1C. The average molecular weight is 482 g/mol. The summed E-state index contributed by atoms with van der Waals surface area (Å²) >= 11 is 0. The normalized spacial score (nSPS) is 12.5. The number of aliphatic imine (C=N–C) groups is 1. The third-order valence-corrected chi connectivity index (χ3v) is 5.28. The Labute approximate surface area is 203 Å². The number of carbonyl (C=O) groups excluding carboxylic acids is 2. The smallest absolute Gasteiger partial charge is 0.360 e. The molecule has 0 radical (unpaired) electrons. The van der Waals surface area contributed by atoms with Crippen molar-refractivity contribution in [1.82, 2.24) is 10.6 Å². The number of guanidine groups is 1. The minimum Gasteiger partial charge on any atom is -0.480 e. The van der Waals surface area contributed by atoms with Gasteiger partial charge in [-0.2, -0.15) is 0 Å². The van der Waals surface area contributed by atoms with Gasteiger partial charge in [-0.3, -0.25) is 9.79 Å². The second kappa shape index (κ2) is 13.4. The van der Waals surface area contributed by atoms with Gasteiger partial charge in [0.25, 0.3) is 0 Å². The Balaban J connectivity index is 2.13. The standard InChI is InChI=1S/C24H31N7O4/c1-15-8-6-11-18(16(15)2)30-31-24(35)29-20(14-17-9-4-3-5-10-17)21(32)28-19(22(33)34)12-7-13-27-23(25)26/h3-6,8-11,19-20H,7,12-14H2,1-2H3,(H,28,32)(H,29,35)(H,33,34)(H4,25,26,27). The van der Waals surface area contributed by atoms with Crippen LogP contribution in [0.4, 0.5) is 10.5 Å². The summed E-state index contributed by atoms with van der Waals surface area (Å²) in [5.41, 5.74) is 13.7. The Bertz CT molecular complexity index is 1080. The van der Waals surface area contributed by atoms with E-state index in [2.05, 4.69) is 25.9 Å². The summed E-state index contributed by atoms with van der Waals surface area (Å²) in [5.74, 6) is -1.96. The minimum absolute atomic E-state index is 0.0958. The van der Waals surface area contributed by atoms with Gasteiger partial charge in [0, 0.05) is 13.0 Å². The van der Waals surface area contributed by atoms with Gasteiger partial charge in [0.05, 0.1) is 5.69 Å². The molecule has 0 saturated heterocycles. The lowest BCUT2D eigenvalue weighted by atomic mass is 10.0. The molecule has 35 heavy (non-hydrogen) atoms. The summed E-state index contributed by atoms with van der Waals surface area (Å²) in [4.78, 5) is 41.0. The summed E-state index contributed by atoms with van der Waals surface area (Å²) in [6.07, 6.45) is 0.586. The summed E-state index contributed by atoms with van der Waals surface area (Å²) in [5, 5.41) is 22.2. The van der Waals surface area contributed by atoms with Crippen LogP contribution in [0, 0.1) is 13.8 Å². The fraction of sp³-hybridized carbons (Fsp3) is 0.333. The molecular formula is C24H31N7O4. The third kappa shape index (κ3) is 9.24. The predicted molar refractivity (Wildman–Crippen MR) is 132 cm³/mol. The molecule has 0 saturated carbocycles. The molecule has 3 amide bonds. The zero-order chi connectivity index (χ0) is 25.8. The van der Waals surface area contributed by atoms with Crippen LogP contribution in [-0.4, -0.2) is 47.6 Å². The van der Waals surface area contributed by atoms with Gasteiger partial charge < -0.3 is 27.2 Å². The minimum atomic E-state index is -1.21. The molecule has 7 N–H and O–H groups in total. The highest BCUT2D eigenvalue weighted by Gasteiger charge is 2.26. The lowest BCUT2D eigenvalue weighted by Crippen LogP contribution is -2.52. The van der Waals surface area contributed by atoms with Crippen LogP contribution in [0.2, 0.25) is 0 Å². The monoisotopic (exact) mass is 481 g/mol. The van der Waals surface area contributed by atoms with Gasteiger partial charge in [-0.1, -0.05) is 47.6 Å². The maximum Gasteiger partial charge on any atom is 0.360 e. The van der Waals surface area contributed by atoms with Gasteiger partial charge in [-0.15, -0.1) is 5.11 Å². The molecular weight excluding hydrogens is 450 g/mol. The van der Waals surface area contributed by atoms with Gasteiger partial charge >= 0.3 is 12.0 Å². The first-order chi connectivity index (χ1) is 16.7. The van der Waals surface area contributed by atoms with E-state index in [1.54, 1.807) is 36.4 Å². The zero-order valence-corrected chi connectivity index (χ0v) is 19.8. The van der Waals surface area contributed by atoms with Crippen LogP contribution in [-0.2, 0) is 16.0 Å². The number of urea groups is 1. The van der Waals surface area contributed by atoms with Crippen molar-refractivity contribution >= 4 is 29.6 Å². The van der Waals surface area contributed by atoms with Crippen molar-refractivity contribution in [3.05, 3.63) is 65.2 Å². The first-order valence-electron chi connectivity index (χ1n) is 11.1. The highest BCUT2D eigenvalue weighted by molar-refractivity contribution is 5.90. The number of hydrogen-bond donors (Lipinski definition) is 5. The van der Waals surface area contributed by atoms with Crippen molar-refractivity contribution in [3.63, 3.8) is 0 Å². The molecule has 0 aliphatic heterocycles. The van der Waals surface area contributed by atoms with E-state index in [4.69, 9.17) is 11.5 Å². The van der Waals surface area contributed by atoms with Gasteiger partial charge in [-0.25, -0.2) is 9.59 Å². The maximum atomic E-state index is 13.0. The van der Waals surface area contributed by atoms with E-state index in [0.717, 1.165) is 16.7 Å². The Kier molecular flexibility index (Phi) is 10.3. The first-order valence-corrected chi connectivity index (χ1v) is 11.1. The molecule has 2 atom stereocenters. The quantitative estimate of drug-likeness (QED) is 0.142. The van der Waals surface area contributed by atoms with E-state index in [0.29, 0.717) is 12.1 Å². The Hall–Kier alpha value is -4.28. The molecule has 0 aromatic heterocycles. The lowest BCUT2D eigenvalue weighted by Gasteiger charge is -2.20. The zero-order valence-electron chi connectivity index (χ0n) is 19.8. The molecule has 11 nitrogen and oxygen atoms in total. The van der Waals surface area contributed by atoms with E-state index >= 15 is 0 Å². The van der Waals surface area contributed by atoms with E-state index in [9.17, 15) is 19.5 Å². The number of carbonyl (C=O) groups is 3. The highest BCUT2D eigenvalue weighted by atomic mass is 16.4. The van der Waals surface area contributed by atoms with Gasteiger partial charge in [0.2, 0.25) is 5.91 Å². The number of hydrogen-bond acceptors (Lipinski definition) is 5. The van der Waals surface area contributed by atoms with E-state index in [-0.39, 0.29) is 25.3 Å². The molecule has 2 aromatic rings. The number of nitrogens with two attached hydrogens (primary N) is 2. The largest absolute Gasteiger partial charge is 0.480 e. The molecule has 2 rings (SSSR count). The molecule has 2 aromatic carbocycles. The summed E-state index contributed by atoms with van der Waals surface area (Å²) < 4.78 is 0. The number of amides is 3. The third-order valence-electron chi connectivity index (χ3n) is 5.28. The summed E-state index contributed by atoms with van der Waals surface area (Å²) in [7, 11) is 0. The van der Waals surface area contributed by atoms with E-state index < -0.39 is 30.0 Å². The van der Waals surface area contributed by atoms with Crippen LogP contribution < -0.4 is 22.1 Å². The van der Waals surface area contributed by atoms with Crippen molar-refractivity contribution in [1.29, 1.82) is 0 Å². The number of rotatable bonds is 11. The fourth-order valence-electron chi connectivity index (χ4n) is 3.21. The molecule has 0 heterocycles. The summed E-state index contributed by atoms with van der Waals surface area (Å²) in [6, 6.07) is 11.4. The molecule has 0 spiro atoms. The molecule has 186 valence electrons. The predicted octanol–water partition coefficient (Wildman–Crippen LogP) is 2.33. The van der Waals surface area contributed by atoms with Crippen molar-refractivity contribution in [2.45, 2.75) is 45.2 Å². The number of aliphatic carboxylic acids is 1. The van der Waals surface area contributed by atoms with Crippen LogP contribution in [0.5, 0.6) is 0 Å².